The third-order valence-corrected chi connectivity index (χ3v) is 1.65. The molecule has 0 aromatic carbocycles. The number of amides is 2. The first kappa shape index (κ1) is 12.7. The van der Waals surface area contributed by atoms with E-state index in [-0.39, 0.29) is 18.4 Å². The van der Waals surface area contributed by atoms with Gasteiger partial charge in [0.05, 0.1) is 6.54 Å². The van der Waals surface area contributed by atoms with Crippen molar-refractivity contribution in [1.29, 1.82) is 0 Å². The maximum absolute atomic E-state index is 11.1. The summed E-state index contributed by atoms with van der Waals surface area (Å²) in [5.41, 5.74) is 0. The van der Waals surface area contributed by atoms with E-state index >= 15 is 0 Å². The Labute approximate surface area is 84.8 Å². The van der Waals surface area contributed by atoms with Gasteiger partial charge in [-0.2, -0.15) is 0 Å². The summed E-state index contributed by atoms with van der Waals surface area (Å²) in [4.78, 5) is 22.1. The summed E-state index contributed by atoms with van der Waals surface area (Å²) in [6.45, 7) is 5.97. The fourth-order valence-corrected chi connectivity index (χ4v) is 0.853. The molecule has 4 heteroatoms. The lowest BCUT2D eigenvalue weighted by Gasteiger charge is -2.04. The molecule has 14 heavy (non-hydrogen) atoms. The average Bonchev–Trinajstić information content (AvgIpc) is 2.20. The molecule has 4 nitrogen and oxygen atoms in total. The molecule has 0 saturated carbocycles. The quantitative estimate of drug-likeness (QED) is 0.588. The van der Waals surface area contributed by atoms with Crippen molar-refractivity contribution in [3.63, 3.8) is 0 Å². The molecule has 0 atom stereocenters. The normalized spacial score (nSPS) is 9.21. The maximum Gasteiger partial charge on any atom is 0.239 e. The highest BCUT2D eigenvalue weighted by Gasteiger charge is 2.03. The van der Waals surface area contributed by atoms with Gasteiger partial charge in [-0.05, 0) is 6.42 Å². The van der Waals surface area contributed by atoms with Gasteiger partial charge < -0.3 is 10.6 Å². The monoisotopic (exact) mass is 198 g/mol. The van der Waals surface area contributed by atoms with Crippen LogP contribution in [0.25, 0.3) is 0 Å². The van der Waals surface area contributed by atoms with E-state index in [0.29, 0.717) is 13.0 Å². The third kappa shape index (κ3) is 7.34. The number of carbonyl (C=O) groups is 2. The fraction of sp³-hybridized carbons (Fsp3) is 0.600. The first-order chi connectivity index (χ1) is 6.70. The Hall–Kier alpha value is -1.32. The smallest absolute Gasteiger partial charge is 0.239 e. The molecule has 2 amide bonds. The van der Waals surface area contributed by atoms with Crippen LogP contribution >= 0.6 is 0 Å². The molecule has 0 rings (SSSR count). The Kier molecular flexibility index (Phi) is 7.50. The SMILES string of the molecule is C=CCNC(=O)CNC(=O)CCCC. The molecule has 0 radical (unpaired) electrons. The van der Waals surface area contributed by atoms with Crippen molar-refractivity contribution in [3.05, 3.63) is 12.7 Å². The van der Waals surface area contributed by atoms with Gasteiger partial charge in [0.15, 0.2) is 0 Å². The second kappa shape index (κ2) is 8.29. The van der Waals surface area contributed by atoms with Crippen molar-refractivity contribution in [2.75, 3.05) is 13.1 Å². The van der Waals surface area contributed by atoms with Crippen LogP contribution < -0.4 is 10.6 Å². The molecule has 2 N–H and O–H groups in total. The predicted octanol–water partition coefficient (Wildman–Crippen LogP) is 0.595. The van der Waals surface area contributed by atoms with Crippen LogP contribution in [-0.4, -0.2) is 24.9 Å². The topological polar surface area (TPSA) is 58.2 Å². The molecular formula is C10H18N2O2. The average molecular weight is 198 g/mol. The third-order valence-electron chi connectivity index (χ3n) is 1.65. The Balaban J connectivity index is 3.45. The number of unbranched alkanes of at least 4 members (excludes halogenated alkanes) is 1. The van der Waals surface area contributed by atoms with Gasteiger partial charge in [0.2, 0.25) is 11.8 Å². The van der Waals surface area contributed by atoms with Crippen molar-refractivity contribution >= 4 is 11.8 Å². The second-order valence-electron chi connectivity index (χ2n) is 2.97. The summed E-state index contributed by atoms with van der Waals surface area (Å²) in [7, 11) is 0. The van der Waals surface area contributed by atoms with E-state index in [1.165, 1.54) is 0 Å². The molecule has 0 aromatic heterocycles. The van der Waals surface area contributed by atoms with Gasteiger partial charge in [-0.25, -0.2) is 0 Å². The van der Waals surface area contributed by atoms with E-state index < -0.39 is 0 Å². The molecule has 0 aliphatic heterocycles. The Bertz CT molecular complexity index is 202. The summed E-state index contributed by atoms with van der Waals surface area (Å²) >= 11 is 0. The van der Waals surface area contributed by atoms with Gasteiger partial charge in [-0.15, -0.1) is 6.58 Å². The molecule has 0 saturated heterocycles. The van der Waals surface area contributed by atoms with E-state index in [1.54, 1.807) is 6.08 Å². The molecule has 0 aliphatic rings. The maximum atomic E-state index is 11.1. The zero-order valence-electron chi connectivity index (χ0n) is 8.64. The Morgan fingerprint density at radius 3 is 2.57 bits per heavy atom. The van der Waals surface area contributed by atoms with E-state index in [2.05, 4.69) is 17.2 Å². The van der Waals surface area contributed by atoms with Crippen molar-refractivity contribution in [2.45, 2.75) is 26.2 Å². The van der Waals surface area contributed by atoms with Crippen LogP contribution in [0.5, 0.6) is 0 Å². The standard InChI is InChI=1S/C10H18N2O2/c1-3-5-6-9(13)12-8-10(14)11-7-4-2/h4H,2-3,5-8H2,1H3,(H,11,14)(H,12,13). The zero-order valence-corrected chi connectivity index (χ0v) is 8.64. The van der Waals surface area contributed by atoms with Crippen molar-refractivity contribution in [1.82, 2.24) is 10.6 Å². The van der Waals surface area contributed by atoms with E-state index in [0.717, 1.165) is 12.8 Å². The highest BCUT2D eigenvalue weighted by atomic mass is 16.2. The van der Waals surface area contributed by atoms with Gasteiger partial charge in [0.1, 0.15) is 0 Å². The summed E-state index contributed by atoms with van der Waals surface area (Å²) in [5, 5.41) is 5.11. The van der Waals surface area contributed by atoms with Crippen molar-refractivity contribution in [3.8, 4) is 0 Å². The predicted molar refractivity (Wildman–Crippen MR) is 55.7 cm³/mol. The molecule has 0 heterocycles. The minimum Gasteiger partial charge on any atom is -0.351 e. The van der Waals surface area contributed by atoms with Crippen LogP contribution in [-0.2, 0) is 9.59 Å². The van der Waals surface area contributed by atoms with Gasteiger partial charge in [-0.1, -0.05) is 19.4 Å². The van der Waals surface area contributed by atoms with Crippen LogP contribution in [0.2, 0.25) is 0 Å². The number of carbonyl (C=O) groups excluding carboxylic acids is 2. The summed E-state index contributed by atoms with van der Waals surface area (Å²) < 4.78 is 0. The fourth-order valence-electron chi connectivity index (χ4n) is 0.853. The molecular weight excluding hydrogens is 180 g/mol. The van der Waals surface area contributed by atoms with Gasteiger partial charge >= 0.3 is 0 Å². The molecule has 0 unspecified atom stereocenters. The van der Waals surface area contributed by atoms with Crippen LogP contribution in [0.15, 0.2) is 12.7 Å². The molecule has 0 aromatic rings. The van der Waals surface area contributed by atoms with Crippen LogP contribution in [0.3, 0.4) is 0 Å². The minimum absolute atomic E-state index is 0.0520. The number of nitrogens with one attached hydrogen (secondary N) is 2. The Morgan fingerprint density at radius 1 is 1.29 bits per heavy atom. The zero-order chi connectivity index (χ0) is 10.8. The van der Waals surface area contributed by atoms with Gasteiger partial charge in [0, 0.05) is 13.0 Å². The molecule has 0 spiro atoms. The van der Waals surface area contributed by atoms with E-state index in [1.807, 2.05) is 6.92 Å². The van der Waals surface area contributed by atoms with Crippen molar-refractivity contribution in [2.24, 2.45) is 0 Å². The van der Waals surface area contributed by atoms with Gasteiger partial charge in [0.25, 0.3) is 0 Å². The lowest BCUT2D eigenvalue weighted by atomic mass is 10.2. The molecule has 0 bridgehead atoms. The number of rotatable bonds is 7. The van der Waals surface area contributed by atoms with Crippen LogP contribution in [0.4, 0.5) is 0 Å². The largest absolute Gasteiger partial charge is 0.351 e. The first-order valence-electron chi connectivity index (χ1n) is 4.85. The van der Waals surface area contributed by atoms with E-state index in [4.69, 9.17) is 0 Å². The van der Waals surface area contributed by atoms with E-state index in [9.17, 15) is 9.59 Å². The minimum atomic E-state index is -0.185. The first-order valence-corrected chi connectivity index (χ1v) is 4.85. The molecule has 0 aliphatic carbocycles. The number of hydrogen-bond acceptors (Lipinski definition) is 2. The van der Waals surface area contributed by atoms with Crippen LogP contribution in [0, 0.1) is 0 Å². The molecule has 80 valence electrons. The van der Waals surface area contributed by atoms with Crippen molar-refractivity contribution < 1.29 is 9.59 Å². The van der Waals surface area contributed by atoms with Crippen LogP contribution in [0.1, 0.15) is 26.2 Å². The lowest BCUT2D eigenvalue weighted by molar-refractivity contribution is -0.126. The highest BCUT2D eigenvalue weighted by Crippen LogP contribution is 1.92. The summed E-state index contributed by atoms with van der Waals surface area (Å²) in [6, 6.07) is 0. The lowest BCUT2D eigenvalue weighted by Crippen LogP contribution is -2.36. The Morgan fingerprint density at radius 2 is 2.00 bits per heavy atom. The second-order valence-corrected chi connectivity index (χ2v) is 2.97. The number of hydrogen-bond donors (Lipinski definition) is 2. The summed E-state index contributed by atoms with van der Waals surface area (Å²) in [6.07, 6.45) is 3.93. The highest BCUT2D eigenvalue weighted by molar-refractivity contribution is 5.84. The molecule has 0 fully saturated rings. The van der Waals surface area contributed by atoms with Gasteiger partial charge in [-0.3, -0.25) is 9.59 Å². The summed E-state index contributed by atoms with van der Waals surface area (Å²) in [5.74, 6) is -0.254.